The van der Waals surface area contributed by atoms with E-state index in [-0.39, 0.29) is 34.5 Å². The van der Waals surface area contributed by atoms with E-state index in [1.165, 1.54) is 116 Å². The number of hydrogen-bond acceptors (Lipinski definition) is 4. The molecule has 0 fully saturated rings. The van der Waals surface area contributed by atoms with Crippen LogP contribution in [0.2, 0.25) is 0 Å². The predicted octanol–water partition coefficient (Wildman–Crippen LogP) is 15.8. The molecule has 2 aromatic rings. The van der Waals surface area contributed by atoms with Gasteiger partial charge in [-0.2, -0.15) is 0 Å². The Kier molecular flexibility index (Phi) is 21.3. The summed E-state index contributed by atoms with van der Waals surface area (Å²) in [6, 6.07) is 7.16. The Balaban J connectivity index is 1.70. The second-order valence-corrected chi connectivity index (χ2v) is 19.3. The van der Waals surface area contributed by atoms with Crippen LogP contribution in [0.3, 0.4) is 0 Å². The normalized spacial score (nSPS) is 14.4. The highest BCUT2D eigenvalue weighted by Crippen LogP contribution is 2.44. The first kappa shape index (κ1) is 49.6. The van der Waals surface area contributed by atoms with Gasteiger partial charge in [0.2, 0.25) is 0 Å². The molecule has 0 aromatic heterocycles. The van der Waals surface area contributed by atoms with Crippen LogP contribution in [0.4, 0.5) is 0 Å². The van der Waals surface area contributed by atoms with E-state index in [2.05, 4.69) is 41.5 Å². The first-order chi connectivity index (χ1) is 29.2. The van der Waals surface area contributed by atoms with Crippen LogP contribution in [0.15, 0.2) is 24.3 Å². The summed E-state index contributed by atoms with van der Waals surface area (Å²) in [6.45, 7) is 14.3. The summed E-state index contributed by atoms with van der Waals surface area (Å²) in [5, 5.41) is 1.00. The first-order valence-electron chi connectivity index (χ1n) is 25.5. The SMILES string of the molecule is CCCCCCC(CCCCCC)(CCCCCC)CN1C(=O)c2ccc3c4c(ccc(c24)C1=O)C(=O)N(CC(CCCCCC)(CCCCCC)CCCCCC)C3=O. The highest BCUT2D eigenvalue weighted by atomic mass is 16.2. The van der Waals surface area contributed by atoms with Crippen molar-refractivity contribution in [3.8, 4) is 0 Å². The zero-order chi connectivity index (χ0) is 43.4. The summed E-state index contributed by atoms with van der Waals surface area (Å²) < 4.78 is 0. The standard InChI is InChI=1S/C54H86N2O4/c1-7-13-19-25-35-53(36-26-20-14-8-2,37-27-21-15-9-3)41-55-49(57)43-31-33-45-48-46(34-32-44(47(43)48)50(55)58)52(60)56(51(45)59)42-54(38-28-22-16-10-4,39-29-23-17-11-5)40-30-24-18-12-6/h31-34H,7-30,35-42H2,1-6H3. The number of imide groups is 2. The molecule has 0 spiro atoms. The highest BCUT2D eigenvalue weighted by molar-refractivity contribution is 6.33. The molecule has 6 nitrogen and oxygen atoms in total. The van der Waals surface area contributed by atoms with Gasteiger partial charge < -0.3 is 0 Å². The molecule has 2 aromatic carbocycles. The Morgan fingerprint density at radius 3 is 0.700 bits per heavy atom. The van der Waals surface area contributed by atoms with Crippen LogP contribution in [0, 0.1) is 10.8 Å². The molecule has 0 atom stereocenters. The van der Waals surface area contributed by atoms with Gasteiger partial charge in [-0.25, -0.2) is 0 Å². The number of unbranched alkanes of at least 4 members (excludes halogenated alkanes) is 18. The van der Waals surface area contributed by atoms with Crippen molar-refractivity contribution in [3.05, 3.63) is 46.5 Å². The minimum Gasteiger partial charge on any atom is -0.274 e. The number of hydrogen-bond donors (Lipinski definition) is 0. The van der Waals surface area contributed by atoms with Crippen molar-refractivity contribution < 1.29 is 19.2 Å². The van der Waals surface area contributed by atoms with Crippen molar-refractivity contribution in [2.75, 3.05) is 13.1 Å². The molecule has 2 aliphatic heterocycles. The van der Waals surface area contributed by atoms with E-state index in [0.717, 1.165) is 77.0 Å². The minimum atomic E-state index is -0.274. The van der Waals surface area contributed by atoms with Gasteiger partial charge in [-0.15, -0.1) is 0 Å². The Morgan fingerprint density at radius 2 is 0.517 bits per heavy atom. The van der Waals surface area contributed by atoms with Gasteiger partial charge in [-0.3, -0.25) is 29.0 Å². The fourth-order valence-electron chi connectivity index (χ4n) is 10.7. The van der Waals surface area contributed by atoms with Crippen molar-refractivity contribution in [1.82, 2.24) is 9.80 Å². The Hall–Kier alpha value is -3.02. The molecule has 0 aliphatic carbocycles. The van der Waals surface area contributed by atoms with Gasteiger partial charge in [0.05, 0.1) is 0 Å². The summed E-state index contributed by atoms with van der Waals surface area (Å²) in [7, 11) is 0. The van der Waals surface area contributed by atoms with E-state index < -0.39 is 0 Å². The third-order valence-corrected chi connectivity index (χ3v) is 14.4. The molecular weight excluding hydrogens is 741 g/mol. The fourth-order valence-corrected chi connectivity index (χ4v) is 10.7. The topological polar surface area (TPSA) is 74.8 Å². The average molecular weight is 827 g/mol. The van der Waals surface area contributed by atoms with Crippen LogP contribution < -0.4 is 0 Å². The van der Waals surface area contributed by atoms with E-state index in [1.807, 2.05) is 0 Å². The zero-order valence-corrected chi connectivity index (χ0v) is 39.5. The number of rotatable bonds is 34. The minimum absolute atomic E-state index is 0.120. The molecule has 0 bridgehead atoms. The summed E-state index contributed by atoms with van der Waals surface area (Å²) in [5.74, 6) is -1.10. The Labute approximate surface area is 366 Å². The number of carbonyl (C=O) groups excluding carboxylic acids is 4. The van der Waals surface area contributed by atoms with Crippen LogP contribution in [0.1, 0.15) is 276 Å². The molecule has 0 saturated heterocycles. The molecule has 0 radical (unpaired) electrons. The third-order valence-electron chi connectivity index (χ3n) is 14.4. The molecule has 2 heterocycles. The van der Waals surface area contributed by atoms with E-state index in [1.54, 1.807) is 34.1 Å². The van der Waals surface area contributed by atoms with Crippen molar-refractivity contribution in [2.45, 2.75) is 234 Å². The van der Waals surface area contributed by atoms with Crippen LogP contribution in [0.25, 0.3) is 10.8 Å². The van der Waals surface area contributed by atoms with Gasteiger partial charge in [-0.05, 0) is 73.6 Å². The van der Waals surface area contributed by atoms with Gasteiger partial charge in [-0.1, -0.05) is 196 Å². The summed E-state index contributed by atoms with van der Waals surface area (Å²) in [5.41, 5.74) is 1.57. The van der Waals surface area contributed by atoms with Crippen LogP contribution in [-0.2, 0) is 0 Å². The molecule has 4 rings (SSSR count). The Morgan fingerprint density at radius 1 is 0.317 bits per heavy atom. The van der Waals surface area contributed by atoms with Crippen LogP contribution >= 0.6 is 0 Å². The molecule has 2 aliphatic rings. The van der Waals surface area contributed by atoms with Gasteiger partial charge in [0.25, 0.3) is 23.6 Å². The quantitative estimate of drug-likeness (QED) is 0.0520. The van der Waals surface area contributed by atoms with Crippen LogP contribution in [0.5, 0.6) is 0 Å². The van der Waals surface area contributed by atoms with Gasteiger partial charge >= 0.3 is 0 Å². The van der Waals surface area contributed by atoms with Crippen molar-refractivity contribution in [3.63, 3.8) is 0 Å². The van der Waals surface area contributed by atoms with Gasteiger partial charge in [0, 0.05) is 46.1 Å². The van der Waals surface area contributed by atoms with Crippen molar-refractivity contribution in [1.29, 1.82) is 0 Å². The monoisotopic (exact) mass is 827 g/mol. The number of nitrogens with zero attached hydrogens (tertiary/aromatic N) is 2. The van der Waals surface area contributed by atoms with Gasteiger partial charge in [0.1, 0.15) is 0 Å². The maximum absolute atomic E-state index is 14.7. The average Bonchev–Trinajstić information content (AvgIpc) is 3.25. The van der Waals surface area contributed by atoms with E-state index >= 15 is 0 Å². The summed E-state index contributed by atoms with van der Waals surface area (Å²) >= 11 is 0. The van der Waals surface area contributed by atoms with Gasteiger partial charge in [0.15, 0.2) is 0 Å². The summed E-state index contributed by atoms with van der Waals surface area (Å²) in [6.07, 6.45) is 34.2. The molecule has 0 saturated carbocycles. The maximum atomic E-state index is 14.7. The lowest BCUT2D eigenvalue weighted by molar-refractivity contribution is 0.0457. The number of amides is 4. The highest BCUT2D eigenvalue weighted by Gasteiger charge is 2.44. The zero-order valence-electron chi connectivity index (χ0n) is 39.5. The molecular formula is C54H86N2O4. The second kappa shape index (κ2) is 25.8. The van der Waals surface area contributed by atoms with E-state index in [9.17, 15) is 19.2 Å². The lowest BCUT2D eigenvalue weighted by Gasteiger charge is -2.41. The van der Waals surface area contributed by atoms with Crippen LogP contribution in [-0.4, -0.2) is 46.5 Å². The lowest BCUT2D eigenvalue weighted by Crippen LogP contribution is -2.49. The number of carbonyl (C=O) groups is 4. The second-order valence-electron chi connectivity index (χ2n) is 19.3. The number of benzene rings is 2. The summed E-state index contributed by atoms with van der Waals surface area (Å²) in [4.78, 5) is 62.0. The molecule has 6 heteroatoms. The Bertz CT molecular complexity index is 1410. The third kappa shape index (κ3) is 13.0. The smallest absolute Gasteiger partial charge is 0.261 e. The lowest BCUT2D eigenvalue weighted by atomic mass is 9.72. The largest absolute Gasteiger partial charge is 0.274 e. The first-order valence-corrected chi connectivity index (χ1v) is 25.5. The predicted molar refractivity (Wildman–Crippen MR) is 252 cm³/mol. The maximum Gasteiger partial charge on any atom is 0.261 e. The van der Waals surface area contributed by atoms with Crippen molar-refractivity contribution in [2.24, 2.45) is 10.8 Å². The fraction of sp³-hybridized carbons (Fsp3) is 0.741. The molecule has 60 heavy (non-hydrogen) atoms. The molecule has 336 valence electrons. The van der Waals surface area contributed by atoms with E-state index in [4.69, 9.17) is 0 Å². The van der Waals surface area contributed by atoms with Crippen molar-refractivity contribution >= 4 is 34.4 Å². The van der Waals surface area contributed by atoms with E-state index in [0.29, 0.717) is 46.1 Å². The molecule has 4 amide bonds. The molecule has 0 N–H and O–H groups in total. The molecule has 0 unspecified atom stereocenters.